The molecule has 0 aliphatic heterocycles. The van der Waals surface area contributed by atoms with Crippen LogP contribution in [0.3, 0.4) is 0 Å². The number of amides is 2. The van der Waals surface area contributed by atoms with Gasteiger partial charge in [0.2, 0.25) is 0 Å². The summed E-state index contributed by atoms with van der Waals surface area (Å²) in [7, 11) is 0. The fourth-order valence-corrected chi connectivity index (χ4v) is 2.85. The third-order valence-electron chi connectivity index (χ3n) is 3.70. The molecule has 1 aromatic heterocycles. The smallest absolute Gasteiger partial charge is 0.323 e. The predicted octanol–water partition coefficient (Wildman–Crippen LogP) is 5.52. The Kier molecular flexibility index (Phi) is 5.41. The molecule has 1 heterocycles. The number of anilines is 2. The molecule has 0 saturated heterocycles. The lowest BCUT2D eigenvalue weighted by atomic mass is 10.1. The second-order valence-corrected chi connectivity index (χ2v) is 6.16. The van der Waals surface area contributed by atoms with E-state index in [1.807, 2.05) is 6.92 Å². The average Bonchev–Trinajstić information content (AvgIpc) is 2.58. The van der Waals surface area contributed by atoms with Gasteiger partial charge in [0.1, 0.15) is 17.1 Å². The van der Waals surface area contributed by atoms with Gasteiger partial charge < -0.3 is 15.4 Å². The van der Waals surface area contributed by atoms with Crippen LogP contribution >= 0.6 is 11.6 Å². The van der Waals surface area contributed by atoms with Gasteiger partial charge in [-0.05, 0) is 44.2 Å². The van der Waals surface area contributed by atoms with Crippen molar-refractivity contribution in [1.82, 2.24) is 4.98 Å². The van der Waals surface area contributed by atoms with Crippen LogP contribution in [0.1, 0.15) is 12.6 Å². The highest BCUT2D eigenvalue weighted by molar-refractivity contribution is 6.32. The van der Waals surface area contributed by atoms with E-state index in [4.69, 9.17) is 16.3 Å². The van der Waals surface area contributed by atoms with E-state index < -0.39 is 17.7 Å². The number of hydrogen-bond acceptors (Lipinski definition) is 3. The van der Waals surface area contributed by atoms with Gasteiger partial charge in [0.25, 0.3) is 0 Å². The average molecular weight is 392 g/mol. The molecule has 0 bridgehead atoms. The zero-order valence-electron chi connectivity index (χ0n) is 14.6. The molecule has 27 heavy (non-hydrogen) atoms. The number of aromatic nitrogens is 1. The fourth-order valence-electron chi connectivity index (χ4n) is 2.62. The summed E-state index contributed by atoms with van der Waals surface area (Å²) in [5, 5.41) is 5.72. The molecule has 0 atom stereocenters. The fraction of sp³-hybridized carbons (Fsp3) is 0.158. The van der Waals surface area contributed by atoms with Gasteiger partial charge >= 0.3 is 6.03 Å². The number of pyridine rings is 1. The molecule has 0 saturated carbocycles. The summed E-state index contributed by atoms with van der Waals surface area (Å²) in [6.45, 7) is 3.95. The highest BCUT2D eigenvalue weighted by atomic mass is 35.5. The highest BCUT2D eigenvalue weighted by Gasteiger charge is 2.13. The van der Waals surface area contributed by atoms with Crippen LogP contribution in [0, 0.1) is 18.6 Å². The largest absolute Gasteiger partial charge is 0.492 e. The van der Waals surface area contributed by atoms with Gasteiger partial charge in [-0.15, -0.1) is 0 Å². The van der Waals surface area contributed by atoms with Crippen LogP contribution in [-0.2, 0) is 0 Å². The molecule has 0 spiro atoms. The zero-order chi connectivity index (χ0) is 19.6. The number of halogens is 3. The molecular formula is C19H16ClF2N3O2. The Labute approximate surface area is 159 Å². The molecule has 0 aliphatic rings. The minimum Gasteiger partial charge on any atom is -0.492 e. The number of carbonyl (C=O) groups excluding carboxylic acids is 1. The molecule has 5 nitrogen and oxygen atoms in total. The van der Waals surface area contributed by atoms with Crippen LogP contribution < -0.4 is 15.4 Å². The second kappa shape index (κ2) is 7.75. The Bertz CT molecular complexity index is 1030. The molecule has 0 fully saturated rings. The van der Waals surface area contributed by atoms with Crippen LogP contribution in [0.2, 0.25) is 5.02 Å². The predicted molar refractivity (Wildman–Crippen MR) is 102 cm³/mol. The lowest BCUT2D eigenvalue weighted by Crippen LogP contribution is -2.20. The maximum atomic E-state index is 14.0. The van der Waals surface area contributed by atoms with E-state index in [9.17, 15) is 13.6 Å². The van der Waals surface area contributed by atoms with Crippen molar-refractivity contribution in [1.29, 1.82) is 0 Å². The summed E-state index contributed by atoms with van der Waals surface area (Å²) < 4.78 is 32.9. The number of fused-ring (bicyclic) bond motifs is 1. The van der Waals surface area contributed by atoms with Gasteiger partial charge in [0.15, 0.2) is 5.82 Å². The summed E-state index contributed by atoms with van der Waals surface area (Å²) >= 11 is 6.10. The Morgan fingerprint density at radius 2 is 1.96 bits per heavy atom. The van der Waals surface area contributed by atoms with Crippen molar-refractivity contribution in [3.63, 3.8) is 0 Å². The Morgan fingerprint density at radius 1 is 1.19 bits per heavy atom. The van der Waals surface area contributed by atoms with E-state index in [1.165, 1.54) is 6.07 Å². The maximum Gasteiger partial charge on any atom is 0.323 e. The van der Waals surface area contributed by atoms with E-state index >= 15 is 0 Å². The van der Waals surface area contributed by atoms with Gasteiger partial charge in [-0.1, -0.05) is 11.6 Å². The molecule has 0 aliphatic carbocycles. The SMILES string of the molecule is CCOc1ccc(NC(=O)Nc2cc(C)nc3c(F)cc(F)cc23)cc1Cl. The topological polar surface area (TPSA) is 63.2 Å². The number of nitrogens with zero attached hydrogens (tertiary/aromatic N) is 1. The van der Waals surface area contributed by atoms with Crippen LogP contribution in [0.4, 0.5) is 25.0 Å². The molecule has 2 aromatic carbocycles. The Morgan fingerprint density at radius 3 is 2.67 bits per heavy atom. The number of ether oxygens (including phenoxy) is 1. The van der Waals surface area contributed by atoms with E-state index in [0.29, 0.717) is 28.8 Å². The van der Waals surface area contributed by atoms with Crippen molar-refractivity contribution >= 4 is 39.9 Å². The molecule has 3 rings (SSSR count). The van der Waals surface area contributed by atoms with Crippen LogP contribution in [0.15, 0.2) is 36.4 Å². The summed E-state index contributed by atoms with van der Waals surface area (Å²) in [6.07, 6.45) is 0. The number of nitrogens with one attached hydrogen (secondary N) is 2. The van der Waals surface area contributed by atoms with Crippen molar-refractivity contribution in [2.24, 2.45) is 0 Å². The lowest BCUT2D eigenvalue weighted by molar-refractivity contribution is 0.262. The minimum atomic E-state index is -0.796. The van der Waals surface area contributed by atoms with Crippen LogP contribution in [-0.4, -0.2) is 17.6 Å². The molecule has 0 unspecified atom stereocenters. The molecule has 0 radical (unpaired) electrons. The maximum absolute atomic E-state index is 14.0. The quantitative estimate of drug-likeness (QED) is 0.615. The van der Waals surface area contributed by atoms with Crippen molar-refractivity contribution in [2.75, 3.05) is 17.2 Å². The number of carbonyl (C=O) groups is 1. The molecule has 8 heteroatoms. The van der Waals surface area contributed by atoms with Gasteiger partial charge in [-0.3, -0.25) is 0 Å². The molecule has 2 amide bonds. The van der Waals surface area contributed by atoms with Crippen molar-refractivity contribution < 1.29 is 18.3 Å². The molecular weight excluding hydrogens is 376 g/mol. The van der Waals surface area contributed by atoms with E-state index in [-0.39, 0.29) is 16.6 Å². The third kappa shape index (κ3) is 4.25. The van der Waals surface area contributed by atoms with Gasteiger partial charge in [0.05, 0.1) is 17.3 Å². The first-order valence-corrected chi connectivity index (χ1v) is 8.52. The summed E-state index contributed by atoms with van der Waals surface area (Å²) in [5.74, 6) is -1.05. The van der Waals surface area contributed by atoms with Crippen LogP contribution in [0.25, 0.3) is 10.9 Å². The highest BCUT2D eigenvalue weighted by Crippen LogP contribution is 2.29. The number of benzene rings is 2. The number of urea groups is 1. The Hall–Kier alpha value is -2.93. The van der Waals surface area contributed by atoms with Crippen molar-refractivity contribution in [2.45, 2.75) is 13.8 Å². The monoisotopic (exact) mass is 391 g/mol. The second-order valence-electron chi connectivity index (χ2n) is 5.75. The Balaban J connectivity index is 1.85. The molecule has 140 valence electrons. The van der Waals surface area contributed by atoms with Gasteiger partial charge in [-0.2, -0.15) is 0 Å². The minimum absolute atomic E-state index is 0.0178. The van der Waals surface area contributed by atoms with Crippen molar-refractivity contribution in [3.8, 4) is 5.75 Å². The first-order chi connectivity index (χ1) is 12.9. The van der Waals surface area contributed by atoms with Crippen molar-refractivity contribution in [3.05, 3.63) is 58.7 Å². The number of aryl methyl sites for hydroxylation is 1. The standard InChI is InChI=1S/C19H16ClF2N3O2/c1-3-27-17-5-4-12(9-14(17)20)24-19(26)25-16-6-10(2)23-18-13(16)7-11(21)8-15(18)22/h4-9H,3H2,1-2H3,(H2,23,24,25,26). The van der Waals surface area contributed by atoms with Gasteiger partial charge in [0, 0.05) is 22.8 Å². The summed E-state index contributed by atoms with van der Waals surface area (Å²) in [4.78, 5) is 16.4. The lowest BCUT2D eigenvalue weighted by Gasteiger charge is -2.12. The van der Waals surface area contributed by atoms with E-state index in [1.54, 1.807) is 25.1 Å². The summed E-state index contributed by atoms with van der Waals surface area (Å²) in [5.41, 5.74) is 1.14. The number of rotatable bonds is 4. The molecule has 2 N–H and O–H groups in total. The van der Waals surface area contributed by atoms with Crippen LogP contribution in [0.5, 0.6) is 5.75 Å². The zero-order valence-corrected chi connectivity index (χ0v) is 15.3. The normalized spacial score (nSPS) is 10.7. The summed E-state index contributed by atoms with van der Waals surface area (Å²) in [6, 6.07) is 7.62. The van der Waals surface area contributed by atoms with Gasteiger partial charge in [-0.25, -0.2) is 18.6 Å². The van der Waals surface area contributed by atoms with E-state index in [2.05, 4.69) is 15.6 Å². The molecule has 3 aromatic rings. The first-order valence-electron chi connectivity index (χ1n) is 8.14. The third-order valence-corrected chi connectivity index (χ3v) is 3.99. The number of hydrogen-bond donors (Lipinski definition) is 2. The first kappa shape index (κ1) is 18.8. The van der Waals surface area contributed by atoms with E-state index in [0.717, 1.165) is 12.1 Å².